The topological polar surface area (TPSA) is 20.2 Å². The van der Waals surface area contributed by atoms with Gasteiger partial charge in [-0.05, 0) is 59.4 Å². The Balaban J connectivity index is 0.00000176. The summed E-state index contributed by atoms with van der Waals surface area (Å²) >= 11 is 0. The molecule has 0 spiro atoms. The van der Waals surface area contributed by atoms with Gasteiger partial charge in [0.2, 0.25) is 0 Å². The summed E-state index contributed by atoms with van der Waals surface area (Å²) in [4.78, 5) is 0. The molecule has 0 saturated carbocycles. The van der Waals surface area contributed by atoms with Gasteiger partial charge in [-0.3, -0.25) is 0 Å². The number of allylic oxidation sites excluding steroid dienone is 4. The Labute approximate surface area is 171 Å². The Morgan fingerprint density at radius 2 is 1.54 bits per heavy atom. The molecule has 1 nitrogen and oxygen atoms in total. The Morgan fingerprint density at radius 3 is 2.08 bits per heavy atom. The van der Waals surface area contributed by atoms with E-state index in [-0.39, 0.29) is 53.1 Å². The normalized spacial score (nSPS) is 16.6. The summed E-state index contributed by atoms with van der Waals surface area (Å²) in [5.41, 5.74) is 7.84. The zero-order valence-corrected chi connectivity index (χ0v) is 17.5. The Kier molecular flexibility index (Phi) is 9.00. The van der Waals surface area contributed by atoms with Crippen LogP contribution < -0.4 is 24.8 Å². The van der Waals surface area contributed by atoms with Crippen LogP contribution in [0.1, 0.15) is 38.8 Å². The van der Waals surface area contributed by atoms with Crippen molar-refractivity contribution >= 4 is 16.3 Å². The molecule has 24 heavy (non-hydrogen) atoms. The van der Waals surface area contributed by atoms with Gasteiger partial charge in [0.1, 0.15) is 0 Å². The second-order valence-electron chi connectivity index (χ2n) is 6.04. The molecule has 0 amide bonds. The van der Waals surface area contributed by atoms with Gasteiger partial charge >= 0.3 is 21.7 Å². The summed E-state index contributed by atoms with van der Waals surface area (Å²) in [6, 6.07) is 12.6. The van der Waals surface area contributed by atoms with Gasteiger partial charge in [-0.1, -0.05) is 48.9 Å². The molecule has 0 fully saturated rings. The maximum absolute atomic E-state index is 9.94. The van der Waals surface area contributed by atoms with Gasteiger partial charge in [0, 0.05) is 5.92 Å². The van der Waals surface area contributed by atoms with Crippen LogP contribution in [0.2, 0.25) is 0 Å². The molecule has 0 bridgehead atoms. The molecule has 3 rings (SSSR count). The molecule has 1 unspecified atom stereocenters. The minimum atomic E-state index is 0. The first-order valence-corrected chi connectivity index (χ1v) is 7.56. The number of fused-ring (bicyclic) bond motifs is 1. The number of halogens is 2. The molecule has 2 aromatic rings. The van der Waals surface area contributed by atoms with Crippen molar-refractivity contribution in [1.29, 1.82) is 0 Å². The number of rotatable bonds is 2. The fourth-order valence-electron chi connectivity index (χ4n) is 3.56. The van der Waals surface area contributed by atoms with Crippen molar-refractivity contribution in [3.63, 3.8) is 0 Å². The molecule has 0 aromatic heterocycles. The van der Waals surface area contributed by atoms with Crippen LogP contribution in [0, 0.1) is 5.92 Å². The van der Waals surface area contributed by atoms with E-state index in [4.69, 9.17) is 0 Å². The summed E-state index contributed by atoms with van der Waals surface area (Å²) in [6.07, 6.45) is 0. The van der Waals surface area contributed by atoms with E-state index in [0.29, 0.717) is 5.92 Å². The van der Waals surface area contributed by atoms with Crippen LogP contribution in [0.15, 0.2) is 53.1 Å². The molecular weight excluding hydrogens is 375 g/mol. The van der Waals surface area contributed by atoms with Crippen LogP contribution >= 0.6 is 0 Å². The number of hydrogen-bond acceptors (Lipinski definition) is 1. The van der Waals surface area contributed by atoms with E-state index >= 15 is 0 Å². The predicted octanol–water partition coefficient (Wildman–Crippen LogP) is -0.903. The summed E-state index contributed by atoms with van der Waals surface area (Å²) in [7, 11) is 0. The average Bonchev–Trinajstić information content (AvgIpc) is 2.70. The fraction of sp³-hybridized carbons (Fsp3) is 0.300. The van der Waals surface area contributed by atoms with E-state index in [2.05, 4.69) is 52.0 Å². The van der Waals surface area contributed by atoms with Crippen LogP contribution in [0.25, 0.3) is 16.3 Å². The maximum atomic E-state index is 9.94. The smallest absolute Gasteiger partial charge is 1.00 e. The van der Waals surface area contributed by atoms with Crippen molar-refractivity contribution in [2.24, 2.45) is 5.92 Å². The van der Waals surface area contributed by atoms with Crippen LogP contribution in [0.5, 0.6) is 0 Å². The molecule has 2 aromatic carbocycles. The van der Waals surface area contributed by atoms with Gasteiger partial charge < -0.3 is 29.9 Å². The summed E-state index contributed by atoms with van der Waals surface area (Å²) in [5.74, 6) is 0.427. The van der Waals surface area contributed by atoms with Crippen molar-refractivity contribution in [2.75, 3.05) is 0 Å². The van der Waals surface area contributed by atoms with Gasteiger partial charge in [0.25, 0.3) is 0 Å². The van der Waals surface area contributed by atoms with E-state index < -0.39 is 0 Å². The molecule has 1 aliphatic carbocycles. The second kappa shape index (κ2) is 9.22. The van der Waals surface area contributed by atoms with Crippen LogP contribution in [-0.4, -0.2) is 5.11 Å². The first kappa shape index (κ1) is 23.4. The summed E-state index contributed by atoms with van der Waals surface area (Å²) < 4.78 is 0. The first-order valence-electron chi connectivity index (χ1n) is 7.56. The van der Waals surface area contributed by atoms with Gasteiger partial charge in [0.15, 0.2) is 0 Å². The monoisotopic (exact) mass is 396 g/mol. The van der Waals surface area contributed by atoms with E-state index in [9.17, 15) is 5.11 Å². The standard InChI is InChI=1S/C20H22O.2ClH.Ti/c1-12-13(2)15(4)20(14(12)3)18-10-9-16-7-5-6-8-17(16)19(18)11-21;;;/h5-10,14,21H,11H2,1-4H3;2*1H;/q;;;+2/p-2. The number of hydrogen-bond donors (Lipinski definition) is 1. The van der Waals surface area contributed by atoms with Gasteiger partial charge in [-0.2, -0.15) is 0 Å². The third-order valence-electron chi connectivity index (χ3n) is 5.13. The largest absolute Gasteiger partial charge is 2.00 e. The fourth-order valence-corrected chi connectivity index (χ4v) is 3.56. The molecule has 0 saturated heterocycles. The molecule has 0 aliphatic heterocycles. The molecule has 1 atom stereocenters. The molecule has 1 N–H and O–H groups in total. The third-order valence-corrected chi connectivity index (χ3v) is 5.13. The third kappa shape index (κ3) is 3.66. The number of aliphatic hydroxyl groups is 1. The summed E-state index contributed by atoms with van der Waals surface area (Å²) in [5, 5.41) is 12.3. The zero-order valence-electron chi connectivity index (χ0n) is 14.5. The van der Waals surface area contributed by atoms with Crippen molar-refractivity contribution in [3.8, 4) is 0 Å². The SMILES string of the molecule is CC1=C(C)C(C)C(c2ccc3ccccc3c2CO)=C1C.[Cl-].[Cl-].[Ti+2]. The van der Waals surface area contributed by atoms with Crippen molar-refractivity contribution < 1.29 is 51.6 Å². The maximum Gasteiger partial charge on any atom is 2.00 e. The molecule has 4 heteroatoms. The van der Waals surface area contributed by atoms with E-state index in [1.165, 1.54) is 33.2 Å². The van der Waals surface area contributed by atoms with E-state index in [1.807, 2.05) is 12.1 Å². The van der Waals surface area contributed by atoms with Crippen LogP contribution in [-0.2, 0) is 28.3 Å². The van der Waals surface area contributed by atoms with Crippen LogP contribution in [0.3, 0.4) is 0 Å². The van der Waals surface area contributed by atoms with Gasteiger partial charge in [0.05, 0.1) is 6.61 Å². The van der Waals surface area contributed by atoms with Gasteiger partial charge in [-0.25, -0.2) is 0 Å². The van der Waals surface area contributed by atoms with Crippen molar-refractivity contribution in [1.82, 2.24) is 0 Å². The number of benzene rings is 2. The Bertz CT molecular complexity index is 793. The molecule has 1 aliphatic rings. The Hall–Kier alpha value is -0.566. The quantitative estimate of drug-likeness (QED) is 0.652. The Morgan fingerprint density at radius 1 is 0.917 bits per heavy atom. The van der Waals surface area contributed by atoms with Crippen molar-refractivity contribution in [2.45, 2.75) is 34.3 Å². The van der Waals surface area contributed by atoms with E-state index in [1.54, 1.807) is 0 Å². The molecule has 0 radical (unpaired) electrons. The number of aliphatic hydroxyl groups excluding tert-OH is 1. The van der Waals surface area contributed by atoms with Crippen molar-refractivity contribution in [3.05, 3.63) is 64.2 Å². The zero-order chi connectivity index (χ0) is 15.1. The molecular formula is C20H22Cl2OTi. The second-order valence-corrected chi connectivity index (χ2v) is 6.04. The first-order chi connectivity index (χ1) is 10.1. The average molecular weight is 397 g/mol. The minimum absolute atomic E-state index is 0. The van der Waals surface area contributed by atoms with E-state index in [0.717, 1.165) is 10.9 Å². The minimum Gasteiger partial charge on any atom is -1.00 e. The molecule has 126 valence electrons. The predicted molar refractivity (Wildman–Crippen MR) is 90.0 cm³/mol. The van der Waals surface area contributed by atoms with Gasteiger partial charge in [-0.15, -0.1) is 0 Å². The molecule has 0 heterocycles. The van der Waals surface area contributed by atoms with Crippen LogP contribution in [0.4, 0.5) is 0 Å². The summed E-state index contributed by atoms with van der Waals surface area (Å²) in [6.45, 7) is 8.97.